The molecule has 0 bridgehead atoms. The molecule has 0 radical (unpaired) electrons. The van der Waals surface area contributed by atoms with Crippen molar-refractivity contribution < 1.29 is 4.74 Å². The number of nitrogens with zero attached hydrogens (tertiary/aromatic N) is 5. The molecule has 150 valence electrons. The number of methoxy groups -OCH3 is 1. The maximum absolute atomic E-state index is 13.4. The van der Waals surface area contributed by atoms with Crippen molar-refractivity contribution >= 4 is 33.2 Å². The van der Waals surface area contributed by atoms with E-state index < -0.39 is 0 Å². The van der Waals surface area contributed by atoms with Crippen LogP contribution in [0.15, 0.2) is 59.7 Å². The Kier molecular flexibility index (Phi) is 4.24. The third-order valence-electron chi connectivity index (χ3n) is 5.59. The first-order chi connectivity index (χ1) is 14.6. The second-order valence-corrected chi connectivity index (χ2v) is 7.33. The van der Waals surface area contributed by atoms with Gasteiger partial charge in [-0.3, -0.25) is 13.9 Å². The highest BCUT2D eigenvalue weighted by Gasteiger charge is 2.21. The molecule has 5 aromatic rings. The maximum atomic E-state index is 13.4. The Morgan fingerprint density at radius 2 is 1.70 bits per heavy atom. The van der Waals surface area contributed by atoms with Crippen molar-refractivity contribution in [3.05, 3.63) is 65.2 Å². The smallest absolute Gasteiger partial charge is 0.265 e. The highest BCUT2D eigenvalue weighted by Crippen LogP contribution is 2.29. The highest BCUT2D eigenvalue weighted by molar-refractivity contribution is 6.05. The number of benzene rings is 2. The van der Waals surface area contributed by atoms with E-state index in [1.54, 1.807) is 18.0 Å². The van der Waals surface area contributed by atoms with Crippen molar-refractivity contribution in [2.75, 3.05) is 7.11 Å². The number of fused-ring (bicyclic) bond motifs is 4. The van der Waals surface area contributed by atoms with E-state index in [2.05, 4.69) is 11.9 Å². The third-order valence-corrected chi connectivity index (χ3v) is 5.59. The lowest BCUT2D eigenvalue weighted by atomic mass is 10.2. The monoisotopic (exact) mass is 399 g/mol. The van der Waals surface area contributed by atoms with Crippen molar-refractivity contribution in [2.24, 2.45) is 0 Å². The molecular formula is C23H21N5O2. The quantitative estimate of drug-likeness (QED) is 0.451. The molecule has 3 heterocycles. The summed E-state index contributed by atoms with van der Waals surface area (Å²) in [5, 5.41) is 0.488. The van der Waals surface area contributed by atoms with Crippen LogP contribution in [-0.4, -0.2) is 31.2 Å². The fourth-order valence-electron chi connectivity index (χ4n) is 3.74. The van der Waals surface area contributed by atoms with Crippen LogP contribution in [-0.2, 0) is 0 Å². The standard InChI is InChI=1S/C23H21N5O2/c1-4-14(2)27-13-24-21-19(23(27)29)20-22(26-18-8-6-5-7-17(18)25-20)28(21)15-9-11-16(30-3)12-10-15/h5-14H,4H2,1-3H3/t14-/m0/s1. The van der Waals surface area contributed by atoms with Gasteiger partial charge in [0.1, 0.15) is 23.0 Å². The van der Waals surface area contributed by atoms with Gasteiger partial charge in [-0.2, -0.15) is 0 Å². The van der Waals surface area contributed by atoms with Gasteiger partial charge in [0.2, 0.25) is 0 Å². The lowest BCUT2D eigenvalue weighted by Crippen LogP contribution is -2.23. The van der Waals surface area contributed by atoms with Crippen molar-refractivity contribution in [3.63, 3.8) is 0 Å². The predicted molar refractivity (Wildman–Crippen MR) is 117 cm³/mol. The fourth-order valence-corrected chi connectivity index (χ4v) is 3.74. The molecule has 0 fully saturated rings. The van der Waals surface area contributed by atoms with Gasteiger partial charge in [-0.25, -0.2) is 15.0 Å². The highest BCUT2D eigenvalue weighted by atomic mass is 16.5. The maximum Gasteiger partial charge on any atom is 0.265 e. The Bertz CT molecular complexity index is 1450. The molecule has 0 saturated heterocycles. The summed E-state index contributed by atoms with van der Waals surface area (Å²) in [7, 11) is 1.63. The summed E-state index contributed by atoms with van der Waals surface area (Å²) in [5.74, 6) is 0.753. The molecule has 5 rings (SSSR count). The van der Waals surface area contributed by atoms with Crippen LogP contribution >= 0.6 is 0 Å². The van der Waals surface area contributed by atoms with Crippen LogP contribution in [0.3, 0.4) is 0 Å². The Labute approximate surface area is 172 Å². The van der Waals surface area contributed by atoms with Crippen LogP contribution < -0.4 is 10.3 Å². The summed E-state index contributed by atoms with van der Waals surface area (Å²) in [4.78, 5) is 27.8. The molecule has 0 unspecified atom stereocenters. The molecule has 0 aliphatic rings. The van der Waals surface area contributed by atoms with Crippen LogP contribution in [0, 0.1) is 0 Å². The third kappa shape index (κ3) is 2.66. The van der Waals surface area contributed by atoms with Crippen LogP contribution in [0.1, 0.15) is 26.3 Å². The number of aromatic nitrogens is 5. The molecule has 0 saturated carbocycles. The number of hydrogen-bond acceptors (Lipinski definition) is 5. The van der Waals surface area contributed by atoms with Crippen molar-refractivity contribution in [3.8, 4) is 11.4 Å². The van der Waals surface area contributed by atoms with E-state index in [-0.39, 0.29) is 11.6 Å². The molecule has 1 atom stereocenters. The molecule has 0 aliphatic carbocycles. The average Bonchev–Trinajstić information content (AvgIpc) is 3.11. The molecule has 0 N–H and O–H groups in total. The summed E-state index contributed by atoms with van der Waals surface area (Å²) >= 11 is 0. The van der Waals surface area contributed by atoms with Crippen LogP contribution in [0.2, 0.25) is 0 Å². The Morgan fingerprint density at radius 3 is 2.37 bits per heavy atom. The first-order valence-corrected chi connectivity index (χ1v) is 9.94. The zero-order valence-electron chi connectivity index (χ0n) is 17.0. The lowest BCUT2D eigenvalue weighted by Gasteiger charge is -2.12. The summed E-state index contributed by atoms with van der Waals surface area (Å²) in [5.41, 5.74) is 3.98. The second kappa shape index (κ2) is 6.95. The van der Waals surface area contributed by atoms with Crippen LogP contribution in [0.25, 0.3) is 38.9 Å². The summed E-state index contributed by atoms with van der Waals surface area (Å²) in [6.07, 6.45) is 2.45. The molecule has 30 heavy (non-hydrogen) atoms. The number of para-hydroxylation sites is 2. The van der Waals surface area contributed by atoms with E-state index in [1.807, 2.05) is 60.0 Å². The Balaban J connectivity index is 1.94. The fraction of sp³-hybridized carbons (Fsp3) is 0.217. The first kappa shape index (κ1) is 18.3. The van der Waals surface area contributed by atoms with Crippen LogP contribution in [0.5, 0.6) is 5.75 Å². The predicted octanol–water partition coefficient (Wildman–Crippen LogP) is 4.26. The summed E-state index contributed by atoms with van der Waals surface area (Å²) < 4.78 is 8.86. The van der Waals surface area contributed by atoms with Gasteiger partial charge in [0.15, 0.2) is 11.3 Å². The van der Waals surface area contributed by atoms with E-state index in [0.29, 0.717) is 22.2 Å². The Morgan fingerprint density at radius 1 is 1.00 bits per heavy atom. The normalized spacial score (nSPS) is 12.6. The first-order valence-electron chi connectivity index (χ1n) is 9.94. The van der Waals surface area contributed by atoms with Crippen molar-refractivity contribution in [1.29, 1.82) is 0 Å². The van der Waals surface area contributed by atoms with Gasteiger partial charge in [-0.15, -0.1) is 0 Å². The number of rotatable bonds is 4. The minimum atomic E-state index is -0.101. The molecule has 0 amide bonds. The van der Waals surface area contributed by atoms with E-state index >= 15 is 0 Å². The molecule has 7 nitrogen and oxygen atoms in total. The van der Waals surface area contributed by atoms with Gasteiger partial charge < -0.3 is 4.74 Å². The average molecular weight is 399 g/mol. The molecule has 0 spiro atoms. The zero-order chi connectivity index (χ0) is 20.8. The second-order valence-electron chi connectivity index (χ2n) is 7.33. The molecular weight excluding hydrogens is 378 g/mol. The topological polar surface area (TPSA) is 74.8 Å². The number of hydrogen-bond donors (Lipinski definition) is 0. The van der Waals surface area contributed by atoms with Gasteiger partial charge in [-0.05, 0) is 49.7 Å². The molecule has 7 heteroatoms. The summed E-state index contributed by atoms with van der Waals surface area (Å²) in [6.45, 7) is 4.06. The van der Waals surface area contributed by atoms with Crippen LogP contribution in [0.4, 0.5) is 0 Å². The zero-order valence-corrected chi connectivity index (χ0v) is 17.0. The minimum Gasteiger partial charge on any atom is -0.497 e. The van der Waals surface area contributed by atoms with E-state index in [1.165, 1.54) is 0 Å². The lowest BCUT2D eigenvalue weighted by molar-refractivity contribution is 0.415. The van der Waals surface area contributed by atoms with E-state index in [0.717, 1.165) is 28.9 Å². The molecule has 2 aromatic carbocycles. The van der Waals surface area contributed by atoms with Gasteiger partial charge in [-0.1, -0.05) is 19.1 Å². The van der Waals surface area contributed by atoms with Crippen molar-refractivity contribution in [2.45, 2.75) is 26.3 Å². The number of ether oxygens (including phenoxy) is 1. The van der Waals surface area contributed by atoms with E-state index in [9.17, 15) is 4.79 Å². The van der Waals surface area contributed by atoms with Crippen molar-refractivity contribution in [1.82, 2.24) is 24.1 Å². The Hall–Kier alpha value is -3.74. The molecule has 3 aromatic heterocycles. The van der Waals surface area contributed by atoms with Gasteiger partial charge in [0.25, 0.3) is 5.56 Å². The minimum absolute atomic E-state index is 0.0437. The SMILES string of the molecule is CC[C@H](C)n1cnc2c(c1=O)c1nc3ccccc3nc1n2-c1ccc(OC)cc1. The molecule has 0 aliphatic heterocycles. The van der Waals surface area contributed by atoms with Gasteiger partial charge >= 0.3 is 0 Å². The summed E-state index contributed by atoms with van der Waals surface area (Å²) in [6, 6.07) is 15.3. The largest absolute Gasteiger partial charge is 0.497 e. The van der Waals surface area contributed by atoms with Gasteiger partial charge in [0.05, 0.1) is 18.1 Å². The van der Waals surface area contributed by atoms with E-state index in [4.69, 9.17) is 14.7 Å². The van der Waals surface area contributed by atoms with Gasteiger partial charge in [0, 0.05) is 11.7 Å².